The van der Waals surface area contributed by atoms with Crippen molar-refractivity contribution in [2.75, 3.05) is 0 Å². The van der Waals surface area contributed by atoms with Crippen LogP contribution >= 0.6 is 0 Å². The van der Waals surface area contributed by atoms with Crippen molar-refractivity contribution in [1.82, 2.24) is 0 Å². The third kappa shape index (κ3) is 3.21. The Kier molecular flexibility index (Phi) is 4.11. The molecule has 2 aromatic carbocycles. The van der Waals surface area contributed by atoms with Crippen LogP contribution in [0.3, 0.4) is 0 Å². The number of azo groups is 1. The van der Waals surface area contributed by atoms with Gasteiger partial charge in [0.15, 0.2) is 5.69 Å². The number of fused-ring (bicyclic) bond motifs is 1. The molecule has 1 N–H and O–H groups in total. The number of hydrogen-bond donors (Lipinski definition) is 1. The number of aromatic hydroxyl groups is 1. The number of nitrogens with zero attached hydrogens (tertiary/aromatic N) is 4. The summed E-state index contributed by atoms with van der Waals surface area (Å²) >= 11 is 0. The Morgan fingerprint density at radius 2 is 1.65 bits per heavy atom. The summed E-state index contributed by atoms with van der Waals surface area (Å²) < 4.78 is 4.97. The highest BCUT2D eigenvalue weighted by Crippen LogP contribution is 2.39. The third-order valence-electron chi connectivity index (χ3n) is 3.34. The van der Waals surface area contributed by atoms with E-state index in [4.69, 9.17) is 4.42 Å². The molecule has 11 heteroatoms. The number of phenolic OH excluding ortho intramolecular Hbond substituents is 1. The van der Waals surface area contributed by atoms with Crippen molar-refractivity contribution >= 4 is 33.7 Å². The highest BCUT2D eigenvalue weighted by Gasteiger charge is 2.24. The first-order chi connectivity index (χ1) is 12.3. The van der Waals surface area contributed by atoms with Gasteiger partial charge < -0.3 is 9.52 Å². The minimum atomic E-state index is -0.893. The van der Waals surface area contributed by atoms with Crippen molar-refractivity contribution in [3.63, 3.8) is 0 Å². The van der Waals surface area contributed by atoms with E-state index in [1.807, 2.05) is 0 Å². The summed E-state index contributed by atoms with van der Waals surface area (Å²) in [6, 6.07) is 8.57. The van der Waals surface area contributed by atoms with Gasteiger partial charge in [0.1, 0.15) is 5.58 Å². The minimum Gasteiger partial charge on any atom is -0.502 e. The molecular formula is C15H8N4O7. The van der Waals surface area contributed by atoms with Gasteiger partial charge in [-0.1, -0.05) is 0 Å². The maximum atomic E-state index is 11.1. The van der Waals surface area contributed by atoms with Crippen LogP contribution in [0.1, 0.15) is 0 Å². The minimum absolute atomic E-state index is 0.274. The number of benzene rings is 2. The fraction of sp³-hybridized carbons (Fsp3) is 0. The van der Waals surface area contributed by atoms with Crippen molar-refractivity contribution in [3.8, 4) is 5.75 Å². The second-order valence-electron chi connectivity index (χ2n) is 5.02. The van der Waals surface area contributed by atoms with E-state index in [1.165, 1.54) is 30.3 Å². The van der Waals surface area contributed by atoms with Crippen LogP contribution in [-0.2, 0) is 0 Å². The molecule has 0 fully saturated rings. The zero-order chi connectivity index (χ0) is 18.8. The van der Waals surface area contributed by atoms with Crippen molar-refractivity contribution in [3.05, 3.63) is 73.1 Å². The number of hydrogen-bond acceptors (Lipinski definition) is 9. The van der Waals surface area contributed by atoms with Crippen LogP contribution < -0.4 is 5.63 Å². The van der Waals surface area contributed by atoms with Crippen LogP contribution in [0.2, 0.25) is 0 Å². The molecule has 0 bridgehead atoms. The van der Waals surface area contributed by atoms with Gasteiger partial charge in [-0.2, -0.15) is 5.11 Å². The Labute approximate surface area is 143 Å². The maximum Gasteiger partial charge on any atom is 0.336 e. The molecule has 0 aliphatic heterocycles. The average Bonchev–Trinajstić information content (AvgIpc) is 2.59. The Bertz CT molecular complexity index is 1140. The molecule has 0 unspecified atom stereocenters. The molecule has 0 spiro atoms. The first kappa shape index (κ1) is 16.7. The van der Waals surface area contributed by atoms with E-state index in [-0.39, 0.29) is 11.4 Å². The smallest absolute Gasteiger partial charge is 0.336 e. The van der Waals surface area contributed by atoms with E-state index >= 15 is 0 Å². The SMILES string of the molecule is O=c1ccc2cc(N=Nc3cc([N+](=O)[O-])c(O)cc3[N+](=O)[O-])ccc2o1. The van der Waals surface area contributed by atoms with E-state index in [9.17, 15) is 30.1 Å². The van der Waals surface area contributed by atoms with Gasteiger partial charge in [-0.05, 0) is 24.3 Å². The number of rotatable bonds is 4. The summed E-state index contributed by atoms with van der Waals surface area (Å²) in [4.78, 5) is 31.3. The van der Waals surface area contributed by atoms with Crippen LogP contribution in [0.4, 0.5) is 22.7 Å². The highest BCUT2D eigenvalue weighted by molar-refractivity contribution is 5.79. The van der Waals surface area contributed by atoms with Gasteiger partial charge in [-0.15, -0.1) is 5.11 Å². The lowest BCUT2D eigenvalue weighted by molar-refractivity contribution is -0.389. The molecule has 0 saturated heterocycles. The summed E-state index contributed by atoms with van der Waals surface area (Å²) in [5.74, 6) is -0.846. The fourth-order valence-corrected chi connectivity index (χ4v) is 2.16. The van der Waals surface area contributed by atoms with Crippen LogP contribution in [0.25, 0.3) is 11.0 Å². The molecule has 0 atom stereocenters. The second kappa shape index (κ2) is 6.39. The van der Waals surface area contributed by atoms with Gasteiger partial charge in [-0.3, -0.25) is 20.2 Å². The number of nitro benzene ring substituents is 2. The summed E-state index contributed by atoms with van der Waals surface area (Å²) in [6.07, 6.45) is 0. The predicted molar refractivity (Wildman–Crippen MR) is 88.1 cm³/mol. The summed E-state index contributed by atoms with van der Waals surface area (Å²) in [5, 5.41) is 39.5. The molecule has 3 rings (SSSR count). The molecule has 130 valence electrons. The Morgan fingerprint density at radius 3 is 2.35 bits per heavy atom. The van der Waals surface area contributed by atoms with Gasteiger partial charge in [0, 0.05) is 11.5 Å². The largest absolute Gasteiger partial charge is 0.502 e. The zero-order valence-electron chi connectivity index (χ0n) is 12.7. The summed E-state index contributed by atoms with van der Waals surface area (Å²) in [5.41, 5.74) is -1.68. The number of nitro groups is 2. The normalized spacial score (nSPS) is 11.1. The molecule has 11 nitrogen and oxygen atoms in total. The zero-order valence-corrected chi connectivity index (χ0v) is 12.7. The summed E-state index contributed by atoms with van der Waals surface area (Å²) in [7, 11) is 0. The second-order valence-corrected chi connectivity index (χ2v) is 5.02. The van der Waals surface area contributed by atoms with Crippen LogP contribution in [-0.4, -0.2) is 15.0 Å². The van der Waals surface area contributed by atoms with Crippen molar-refractivity contribution in [2.24, 2.45) is 10.2 Å². The molecule has 0 aliphatic carbocycles. The predicted octanol–water partition coefficient (Wildman–Crippen LogP) is 3.73. The van der Waals surface area contributed by atoms with Crippen molar-refractivity contribution < 1.29 is 19.4 Å². The van der Waals surface area contributed by atoms with E-state index in [1.54, 1.807) is 0 Å². The monoisotopic (exact) mass is 356 g/mol. The lowest BCUT2D eigenvalue weighted by Crippen LogP contribution is -1.93. The fourth-order valence-electron chi connectivity index (χ4n) is 2.16. The van der Waals surface area contributed by atoms with E-state index in [0.717, 1.165) is 6.07 Å². The Morgan fingerprint density at radius 1 is 0.923 bits per heavy atom. The standard InChI is InChI=1S/C15H8N4O7/c20-13-7-11(18(22)23)10(6-12(13)19(24)25)17-16-9-2-3-14-8(5-9)1-4-15(21)26-14/h1-7,20H. The highest BCUT2D eigenvalue weighted by atomic mass is 16.6. The van der Waals surface area contributed by atoms with E-state index in [2.05, 4.69) is 10.2 Å². The van der Waals surface area contributed by atoms with Gasteiger partial charge in [0.05, 0.1) is 27.7 Å². The Hall–Kier alpha value is -4.15. The third-order valence-corrected chi connectivity index (χ3v) is 3.34. The van der Waals surface area contributed by atoms with Gasteiger partial charge in [0.25, 0.3) is 0 Å². The molecule has 0 radical (unpaired) electrons. The van der Waals surface area contributed by atoms with E-state index in [0.29, 0.717) is 17.0 Å². The van der Waals surface area contributed by atoms with Crippen molar-refractivity contribution in [2.45, 2.75) is 0 Å². The first-order valence-electron chi connectivity index (χ1n) is 6.96. The van der Waals surface area contributed by atoms with Gasteiger partial charge >= 0.3 is 17.0 Å². The van der Waals surface area contributed by atoms with Crippen molar-refractivity contribution in [1.29, 1.82) is 0 Å². The van der Waals surface area contributed by atoms with Crippen LogP contribution in [0.5, 0.6) is 5.75 Å². The molecule has 0 saturated carbocycles. The summed E-state index contributed by atoms with van der Waals surface area (Å²) in [6.45, 7) is 0. The van der Waals surface area contributed by atoms with Gasteiger partial charge in [-0.25, -0.2) is 4.79 Å². The lowest BCUT2D eigenvalue weighted by atomic mass is 10.2. The topological polar surface area (TPSA) is 161 Å². The van der Waals surface area contributed by atoms with E-state index < -0.39 is 32.6 Å². The quantitative estimate of drug-likeness (QED) is 0.322. The lowest BCUT2D eigenvalue weighted by Gasteiger charge is -2.00. The Balaban J connectivity index is 2.05. The number of phenols is 1. The van der Waals surface area contributed by atoms with Crippen LogP contribution in [0, 0.1) is 20.2 Å². The average molecular weight is 356 g/mol. The molecule has 0 amide bonds. The first-order valence-corrected chi connectivity index (χ1v) is 6.96. The maximum absolute atomic E-state index is 11.1. The van der Waals surface area contributed by atoms with Crippen LogP contribution in [0.15, 0.2) is 61.9 Å². The molecular weight excluding hydrogens is 348 g/mol. The molecule has 26 heavy (non-hydrogen) atoms. The molecule has 1 heterocycles. The molecule has 0 aliphatic rings. The van der Waals surface area contributed by atoms with Gasteiger partial charge in [0.2, 0.25) is 5.75 Å². The molecule has 1 aromatic heterocycles. The molecule has 3 aromatic rings.